The normalized spacial score (nSPS) is 15.8. The maximum Gasteiger partial charge on any atom is 0.480 e. The van der Waals surface area contributed by atoms with E-state index in [4.69, 9.17) is 52.3 Å². The first-order chi connectivity index (χ1) is 33.1. The van der Waals surface area contributed by atoms with Crippen LogP contribution in [0.25, 0.3) is 11.4 Å². The number of benzene rings is 5. The van der Waals surface area contributed by atoms with Crippen LogP contribution in [0.2, 0.25) is 0 Å². The third-order valence-corrected chi connectivity index (χ3v) is 13.3. The standard InChI is InChI=1S/C33H34N8O4.2C11H12O/c1-15-16(2)26(30-38-40-41-39-30)28-27(25(15)29(36-34)37-35)44-23-10-18-20(12-24(23)45-28)33(14-32(18,5)6)13-31(3,4)17-9-21(42-7)22(43-8)11-19(17)33;2*1-3-9-12-11-7-5-10(4-2)6-8-11/h9-12,34-35H,13-14H2,1-8H3;2*1,5-8H,4,9H2,2H3/p+1. The highest BCUT2D eigenvalue weighted by molar-refractivity contribution is 6.02. The molecule has 9 rings (SSSR count). The largest absolute Gasteiger partial charge is 0.493 e. The second kappa shape index (κ2) is 20.1. The maximum atomic E-state index is 7.73. The molecular formula is C55H59N8O6+. The molecule has 14 nitrogen and oxygen atoms in total. The van der Waals surface area contributed by atoms with E-state index in [9.17, 15) is 0 Å². The van der Waals surface area contributed by atoms with Crippen molar-refractivity contribution in [2.45, 2.75) is 97.3 Å². The van der Waals surface area contributed by atoms with E-state index in [1.807, 2.05) is 62.4 Å². The van der Waals surface area contributed by atoms with E-state index in [1.165, 1.54) is 33.4 Å². The number of nitrogens with zero attached hydrogens (tertiary/aromatic N) is 5. The molecule has 0 amide bonds. The Morgan fingerprint density at radius 1 is 0.739 bits per heavy atom. The lowest BCUT2D eigenvalue weighted by Crippen LogP contribution is -2.27. The number of methoxy groups -OCH3 is 2. The molecule has 3 N–H and O–H groups in total. The number of nitrogens with one attached hydrogen (secondary N) is 3. The number of rotatable bonds is 10. The molecule has 1 spiro atoms. The fourth-order valence-electron chi connectivity index (χ4n) is 9.99. The predicted molar refractivity (Wildman–Crippen MR) is 264 cm³/mol. The minimum Gasteiger partial charge on any atom is -0.493 e. The van der Waals surface area contributed by atoms with Crippen LogP contribution < -0.4 is 28.4 Å². The molecule has 5 aromatic carbocycles. The van der Waals surface area contributed by atoms with Gasteiger partial charge in [0.1, 0.15) is 30.3 Å². The van der Waals surface area contributed by atoms with E-state index in [2.05, 4.69) is 108 Å². The Morgan fingerprint density at radius 2 is 1.22 bits per heavy atom. The predicted octanol–water partition coefficient (Wildman–Crippen LogP) is 11.6. The van der Waals surface area contributed by atoms with E-state index in [0.29, 0.717) is 58.9 Å². The molecule has 6 aromatic rings. The van der Waals surface area contributed by atoms with Crippen LogP contribution in [0.5, 0.6) is 46.0 Å². The van der Waals surface area contributed by atoms with Gasteiger partial charge in [-0.2, -0.15) is 5.21 Å². The van der Waals surface area contributed by atoms with Crippen molar-refractivity contribution in [1.82, 2.24) is 20.6 Å². The van der Waals surface area contributed by atoms with Crippen molar-refractivity contribution in [1.29, 1.82) is 11.1 Å². The molecule has 3 aliphatic rings. The van der Waals surface area contributed by atoms with Gasteiger partial charge < -0.3 is 28.4 Å². The summed E-state index contributed by atoms with van der Waals surface area (Å²) in [7, 11) is 3.35. The molecule has 1 aromatic heterocycles. The summed E-state index contributed by atoms with van der Waals surface area (Å²) < 4.78 is 35.3. The summed E-state index contributed by atoms with van der Waals surface area (Å²) in [5.74, 6) is 9.96. The number of hydrogen-bond donors (Lipinski definition) is 3. The van der Waals surface area contributed by atoms with E-state index < -0.39 is 0 Å². The lowest BCUT2D eigenvalue weighted by Gasteiger charge is -2.31. The zero-order chi connectivity index (χ0) is 49.7. The molecule has 14 heteroatoms. The highest BCUT2D eigenvalue weighted by atomic mass is 16.6. The van der Waals surface area contributed by atoms with Gasteiger partial charge in [-0.3, -0.25) is 0 Å². The van der Waals surface area contributed by atoms with Crippen LogP contribution in [-0.2, 0) is 29.1 Å². The molecule has 0 fully saturated rings. The SMILES string of the molecule is C#CCOc1ccc(CC)cc1.C#CCOc1ccc(CC)cc1.COc1cc2c(cc1OC)C1(CC2(C)C)CC(C)(C)c2cc3c(cc21)Oc1c(c(C(N=N)=[N+]=N)c(C)c(C)c1-c1nn[nH]n1)O3. The minimum absolute atomic E-state index is 0.0897. The van der Waals surface area contributed by atoms with Gasteiger partial charge in [0, 0.05) is 5.41 Å². The molecule has 0 bridgehead atoms. The van der Waals surface area contributed by atoms with Gasteiger partial charge in [0.2, 0.25) is 5.82 Å². The maximum absolute atomic E-state index is 7.73. The number of aryl methyl sites for hydroxylation is 2. The first-order valence-electron chi connectivity index (χ1n) is 22.8. The molecule has 354 valence electrons. The number of ether oxygens (including phenoxy) is 6. The number of aromatic nitrogens is 4. The van der Waals surface area contributed by atoms with E-state index >= 15 is 0 Å². The van der Waals surface area contributed by atoms with E-state index in [1.54, 1.807) is 14.2 Å². The van der Waals surface area contributed by atoms with Gasteiger partial charge >= 0.3 is 5.84 Å². The number of tetrazole rings is 1. The van der Waals surface area contributed by atoms with Crippen molar-refractivity contribution in [3.63, 3.8) is 0 Å². The Balaban J connectivity index is 0.000000239. The van der Waals surface area contributed by atoms with E-state index in [-0.39, 0.29) is 22.1 Å². The van der Waals surface area contributed by atoms with Crippen LogP contribution >= 0.6 is 0 Å². The van der Waals surface area contributed by atoms with Crippen molar-refractivity contribution >= 4 is 5.84 Å². The van der Waals surface area contributed by atoms with Crippen LogP contribution in [0.1, 0.15) is 104 Å². The first-order valence-corrected chi connectivity index (χ1v) is 22.8. The average molecular weight is 928 g/mol. The number of amidine groups is 1. The van der Waals surface area contributed by atoms with E-state index in [0.717, 1.165) is 54.1 Å². The molecule has 1 unspecified atom stereocenters. The van der Waals surface area contributed by atoms with Gasteiger partial charge in [0.25, 0.3) is 0 Å². The second-order valence-corrected chi connectivity index (χ2v) is 18.4. The number of hydrogen-bond acceptors (Lipinski definition) is 11. The zero-order valence-electron chi connectivity index (χ0n) is 41.0. The topological polar surface area (TPSA) is 184 Å². The first kappa shape index (κ1) is 49.0. The van der Waals surface area contributed by atoms with Crippen LogP contribution in [0, 0.1) is 49.6 Å². The summed E-state index contributed by atoms with van der Waals surface area (Å²) in [5.41, 5.74) is 24.8. The highest BCUT2D eigenvalue weighted by Gasteiger charge is 2.57. The van der Waals surface area contributed by atoms with Gasteiger partial charge in [0.05, 0.1) is 24.9 Å². The van der Waals surface area contributed by atoms with Crippen molar-refractivity contribution in [2.24, 2.45) is 5.11 Å². The van der Waals surface area contributed by atoms with Crippen LogP contribution in [-0.4, -0.2) is 58.7 Å². The highest BCUT2D eigenvalue weighted by Crippen LogP contribution is 2.66. The van der Waals surface area contributed by atoms with Gasteiger partial charge in [-0.25, -0.2) is 0 Å². The molecule has 1 atom stereocenters. The molecular weight excluding hydrogens is 869 g/mol. The molecule has 1 aliphatic heterocycles. The summed E-state index contributed by atoms with van der Waals surface area (Å²) in [6.45, 7) is 17.8. The van der Waals surface area contributed by atoms with Gasteiger partial charge in [0.15, 0.2) is 34.5 Å². The van der Waals surface area contributed by atoms with Crippen LogP contribution in [0.3, 0.4) is 0 Å². The summed E-state index contributed by atoms with van der Waals surface area (Å²) >= 11 is 0. The minimum atomic E-state index is -0.296. The number of terminal acetylenes is 2. The Labute approximate surface area is 404 Å². The van der Waals surface area contributed by atoms with Gasteiger partial charge in [-0.15, -0.1) is 23.0 Å². The molecule has 2 aliphatic carbocycles. The quantitative estimate of drug-likeness (QED) is 0.0395. The summed E-state index contributed by atoms with van der Waals surface area (Å²) in [4.78, 5) is 3.53. The van der Waals surface area contributed by atoms with Crippen molar-refractivity contribution in [3.8, 4) is 82.1 Å². The van der Waals surface area contributed by atoms with Crippen LogP contribution in [0.15, 0.2) is 77.9 Å². The van der Waals surface area contributed by atoms with Crippen molar-refractivity contribution in [2.75, 3.05) is 27.4 Å². The van der Waals surface area contributed by atoms with Gasteiger partial charge in [-0.1, -0.05) is 88.0 Å². The second-order valence-electron chi connectivity index (χ2n) is 18.4. The van der Waals surface area contributed by atoms with Crippen LogP contribution in [0.4, 0.5) is 0 Å². The van der Waals surface area contributed by atoms with Gasteiger partial charge in [-0.05, 0) is 154 Å². The lowest BCUT2D eigenvalue weighted by atomic mass is 9.72. The number of H-pyrrole nitrogens is 1. The summed E-state index contributed by atoms with van der Waals surface area (Å²) in [6, 6.07) is 24.4. The number of aromatic amines is 1. The zero-order valence-corrected chi connectivity index (χ0v) is 41.0. The molecule has 0 saturated carbocycles. The fraction of sp³-hybridized carbons (Fsp3) is 0.345. The molecule has 0 radical (unpaired) electrons. The average Bonchev–Trinajstić information content (AvgIpc) is 4.03. The Hall–Kier alpha value is -7.93. The number of fused-ring (bicyclic) bond motifs is 6. The molecule has 0 saturated heterocycles. The lowest BCUT2D eigenvalue weighted by molar-refractivity contribution is -0.120. The Bertz CT molecular complexity index is 2950. The fourth-order valence-corrected chi connectivity index (χ4v) is 9.99. The molecule has 69 heavy (non-hydrogen) atoms. The smallest absolute Gasteiger partial charge is 0.480 e. The Morgan fingerprint density at radius 3 is 1.67 bits per heavy atom. The monoisotopic (exact) mass is 927 g/mol. The third-order valence-electron chi connectivity index (χ3n) is 13.3. The van der Waals surface area contributed by atoms with Crippen molar-refractivity contribution in [3.05, 3.63) is 123 Å². The van der Waals surface area contributed by atoms with Crippen molar-refractivity contribution < 1.29 is 33.2 Å². The Kier molecular flexibility index (Phi) is 14.3. The third kappa shape index (κ3) is 9.37. The molecule has 2 heterocycles. The summed E-state index contributed by atoms with van der Waals surface area (Å²) in [5, 5.41) is 18.3. The summed E-state index contributed by atoms with van der Waals surface area (Å²) in [6.07, 6.45) is 14.0.